The van der Waals surface area contributed by atoms with Crippen molar-refractivity contribution in [1.82, 2.24) is 10.9 Å². The summed E-state index contributed by atoms with van der Waals surface area (Å²) in [4.78, 5) is 34.3. The van der Waals surface area contributed by atoms with Crippen molar-refractivity contribution in [2.45, 2.75) is 13.3 Å². The third kappa shape index (κ3) is 4.07. The number of carbonyl (C=O) groups excluding carboxylic acids is 2. The van der Waals surface area contributed by atoms with E-state index in [1.807, 2.05) is 31.2 Å². The summed E-state index contributed by atoms with van der Waals surface area (Å²) in [5.41, 5.74) is 5.87. The zero-order chi connectivity index (χ0) is 20.1. The Hall–Kier alpha value is -3.94. The molecule has 2 N–H and O–H groups in total. The average molecular weight is 379 g/mol. The molecular formula is C20H17N3O5. The summed E-state index contributed by atoms with van der Waals surface area (Å²) in [5, 5.41) is 11.7. The maximum atomic E-state index is 12.0. The lowest BCUT2D eigenvalue weighted by Gasteiger charge is -2.05. The first kappa shape index (κ1) is 18.8. The van der Waals surface area contributed by atoms with Crippen molar-refractivity contribution in [3.05, 3.63) is 81.6 Å². The smallest absolute Gasteiger partial charge is 0.270 e. The fourth-order valence-electron chi connectivity index (χ4n) is 2.71. The minimum Gasteiger partial charge on any atom is -0.460 e. The molecule has 0 aliphatic rings. The van der Waals surface area contributed by atoms with E-state index in [1.54, 1.807) is 6.08 Å². The van der Waals surface area contributed by atoms with Gasteiger partial charge in [0.15, 0.2) is 0 Å². The number of carbonyl (C=O) groups is 2. The van der Waals surface area contributed by atoms with Crippen molar-refractivity contribution in [2.75, 3.05) is 0 Å². The van der Waals surface area contributed by atoms with Gasteiger partial charge in [0.2, 0.25) is 0 Å². The van der Waals surface area contributed by atoms with E-state index in [-0.39, 0.29) is 11.3 Å². The standard InChI is InChI=1S/C20H17N3O5/c1-2-17-16(15-8-3-4-9-18(15)28-17)10-11-19(24)21-22-20(25)13-6-5-7-14(12-13)23(26)27/h3-12H,2H2,1H3,(H,21,24)(H,22,25)/b11-10+. The number of rotatable bonds is 5. The van der Waals surface area contributed by atoms with Crippen LogP contribution in [0.3, 0.4) is 0 Å². The van der Waals surface area contributed by atoms with Gasteiger partial charge in [-0.25, -0.2) is 0 Å². The third-order valence-corrected chi connectivity index (χ3v) is 4.05. The molecule has 1 heterocycles. The second-order valence-corrected chi connectivity index (χ2v) is 5.87. The summed E-state index contributed by atoms with van der Waals surface area (Å²) in [7, 11) is 0. The van der Waals surface area contributed by atoms with E-state index in [0.29, 0.717) is 6.42 Å². The molecule has 0 radical (unpaired) electrons. The summed E-state index contributed by atoms with van der Waals surface area (Å²) in [6.07, 6.45) is 3.57. The molecule has 0 saturated carbocycles. The summed E-state index contributed by atoms with van der Waals surface area (Å²) in [5.74, 6) is -0.453. The van der Waals surface area contributed by atoms with Gasteiger partial charge >= 0.3 is 0 Å². The number of amides is 2. The van der Waals surface area contributed by atoms with Gasteiger partial charge in [-0.15, -0.1) is 0 Å². The highest BCUT2D eigenvalue weighted by atomic mass is 16.6. The second kappa shape index (κ2) is 8.17. The number of furan rings is 1. The third-order valence-electron chi connectivity index (χ3n) is 4.05. The van der Waals surface area contributed by atoms with Crippen LogP contribution in [0.4, 0.5) is 5.69 Å². The van der Waals surface area contributed by atoms with Gasteiger partial charge in [-0.1, -0.05) is 31.2 Å². The van der Waals surface area contributed by atoms with Crippen molar-refractivity contribution in [1.29, 1.82) is 0 Å². The number of benzene rings is 2. The number of nitro benzene ring substituents is 1. The Bertz CT molecular complexity index is 1080. The predicted molar refractivity (Wildman–Crippen MR) is 103 cm³/mol. The van der Waals surface area contributed by atoms with E-state index in [2.05, 4.69) is 10.9 Å². The molecule has 1 aromatic heterocycles. The van der Waals surface area contributed by atoms with Crippen LogP contribution >= 0.6 is 0 Å². The summed E-state index contributed by atoms with van der Waals surface area (Å²) in [6.45, 7) is 1.95. The molecule has 3 aromatic rings. The minimum absolute atomic E-state index is 0.0626. The van der Waals surface area contributed by atoms with Crippen LogP contribution in [0, 0.1) is 10.1 Å². The molecule has 2 amide bonds. The lowest BCUT2D eigenvalue weighted by molar-refractivity contribution is -0.384. The number of nitrogens with zero attached hydrogens (tertiary/aromatic N) is 1. The normalized spacial score (nSPS) is 10.9. The van der Waals surface area contributed by atoms with Gasteiger partial charge in [-0.05, 0) is 18.2 Å². The van der Waals surface area contributed by atoms with Gasteiger partial charge in [0.1, 0.15) is 11.3 Å². The maximum absolute atomic E-state index is 12.0. The van der Waals surface area contributed by atoms with E-state index in [4.69, 9.17) is 4.42 Å². The predicted octanol–water partition coefficient (Wildman–Crippen LogP) is 3.38. The van der Waals surface area contributed by atoms with Crippen molar-refractivity contribution < 1.29 is 18.9 Å². The fourth-order valence-corrected chi connectivity index (χ4v) is 2.71. The van der Waals surface area contributed by atoms with Gasteiger partial charge < -0.3 is 4.42 Å². The highest BCUT2D eigenvalue weighted by Crippen LogP contribution is 2.27. The molecule has 0 saturated heterocycles. The van der Waals surface area contributed by atoms with Crippen LogP contribution < -0.4 is 10.9 Å². The molecule has 0 bridgehead atoms. The number of fused-ring (bicyclic) bond motifs is 1. The summed E-state index contributed by atoms with van der Waals surface area (Å²) >= 11 is 0. The molecule has 8 nitrogen and oxygen atoms in total. The Labute approximate surface area is 160 Å². The number of hydrogen-bond acceptors (Lipinski definition) is 5. The molecule has 2 aromatic carbocycles. The maximum Gasteiger partial charge on any atom is 0.270 e. The Morgan fingerprint density at radius 2 is 1.93 bits per heavy atom. The number of hydrazine groups is 1. The highest BCUT2D eigenvalue weighted by molar-refractivity contribution is 5.99. The zero-order valence-electron chi connectivity index (χ0n) is 15.0. The molecule has 142 valence electrons. The van der Waals surface area contributed by atoms with Crippen LogP contribution in [-0.4, -0.2) is 16.7 Å². The van der Waals surface area contributed by atoms with Crippen molar-refractivity contribution in [3.63, 3.8) is 0 Å². The quantitative estimate of drug-likeness (QED) is 0.401. The largest absolute Gasteiger partial charge is 0.460 e. The van der Waals surface area contributed by atoms with Crippen molar-refractivity contribution >= 4 is 34.5 Å². The lowest BCUT2D eigenvalue weighted by Crippen LogP contribution is -2.40. The first-order valence-electron chi connectivity index (χ1n) is 8.53. The molecule has 0 aliphatic carbocycles. The van der Waals surface area contributed by atoms with Gasteiger partial charge in [-0.2, -0.15) is 0 Å². The van der Waals surface area contributed by atoms with Crippen molar-refractivity contribution in [3.8, 4) is 0 Å². The fraction of sp³-hybridized carbons (Fsp3) is 0.100. The molecule has 0 unspecified atom stereocenters. The summed E-state index contributed by atoms with van der Waals surface area (Å²) in [6, 6.07) is 12.7. The van der Waals surface area contributed by atoms with Crippen molar-refractivity contribution in [2.24, 2.45) is 0 Å². The first-order chi connectivity index (χ1) is 13.5. The molecular weight excluding hydrogens is 362 g/mol. The zero-order valence-corrected chi connectivity index (χ0v) is 15.0. The molecule has 8 heteroatoms. The van der Waals surface area contributed by atoms with E-state index in [9.17, 15) is 19.7 Å². The summed E-state index contributed by atoms with van der Waals surface area (Å²) < 4.78 is 5.76. The second-order valence-electron chi connectivity index (χ2n) is 5.87. The Morgan fingerprint density at radius 1 is 1.14 bits per heavy atom. The van der Waals surface area contributed by atoms with Crippen LogP contribution in [0.2, 0.25) is 0 Å². The topological polar surface area (TPSA) is 114 Å². The molecule has 0 spiro atoms. The van der Waals surface area contributed by atoms with Crippen LogP contribution in [0.15, 0.2) is 59.0 Å². The minimum atomic E-state index is -0.659. The van der Waals surface area contributed by atoms with Crippen LogP contribution in [0.5, 0.6) is 0 Å². The van der Waals surface area contributed by atoms with Crippen LogP contribution in [0.1, 0.15) is 28.6 Å². The number of hydrogen-bond donors (Lipinski definition) is 2. The molecule has 28 heavy (non-hydrogen) atoms. The van der Waals surface area contributed by atoms with E-state index in [0.717, 1.165) is 28.4 Å². The van der Waals surface area contributed by atoms with Gasteiger partial charge in [-0.3, -0.25) is 30.6 Å². The molecule has 3 rings (SSSR count). The number of aryl methyl sites for hydroxylation is 1. The van der Waals surface area contributed by atoms with Gasteiger partial charge in [0, 0.05) is 41.1 Å². The number of nitrogens with one attached hydrogen (secondary N) is 2. The SMILES string of the molecule is CCc1oc2ccccc2c1/C=C/C(=O)NNC(=O)c1cccc([N+](=O)[O-])c1. The lowest BCUT2D eigenvalue weighted by atomic mass is 10.1. The Kier molecular flexibility index (Phi) is 5.50. The van der Waals surface area contributed by atoms with Gasteiger partial charge in [0.25, 0.3) is 17.5 Å². The average Bonchev–Trinajstić information content (AvgIpc) is 3.08. The number of nitro groups is 1. The van der Waals surface area contributed by atoms with Crippen LogP contribution in [0.25, 0.3) is 17.0 Å². The number of para-hydroxylation sites is 1. The van der Waals surface area contributed by atoms with E-state index in [1.165, 1.54) is 24.3 Å². The Balaban J connectivity index is 1.67. The monoisotopic (exact) mass is 379 g/mol. The van der Waals surface area contributed by atoms with Crippen LogP contribution in [-0.2, 0) is 11.2 Å². The molecule has 0 fully saturated rings. The highest BCUT2D eigenvalue weighted by Gasteiger charge is 2.12. The van der Waals surface area contributed by atoms with E-state index < -0.39 is 16.7 Å². The first-order valence-corrected chi connectivity index (χ1v) is 8.53. The van der Waals surface area contributed by atoms with E-state index >= 15 is 0 Å². The Morgan fingerprint density at radius 3 is 2.68 bits per heavy atom. The molecule has 0 atom stereocenters. The van der Waals surface area contributed by atoms with Gasteiger partial charge in [0.05, 0.1) is 4.92 Å². The molecule has 0 aliphatic heterocycles. The number of non-ortho nitro benzene ring substituents is 1.